The Morgan fingerprint density at radius 3 is 2.54 bits per heavy atom. The molecule has 0 amide bonds. The number of halogens is 3. The Kier molecular flexibility index (Phi) is 6.84. The van der Waals surface area contributed by atoms with Gasteiger partial charge in [-0.05, 0) is 31.6 Å². The van der Waals surface area contributed by atoms with Gasteiger partial charge in [0, 0.05) is 5.56 Å². The molecule has 0 spiro atoms. The van der Waals surface area contributed by atoms with Crippen molar-refractivity contribution in [2.24, 2.45) is 0 Å². The molecule has 0 aromatic heterocycles. The quantitative estimate of drug-likeness (QED) is 0.284. The van der Waals surface area contributed by atoms with Crippen LogP contribution in [0.5, 0.6) is 5.75 Å². The van der Waals surface area contributed by atoms with Crippen molar-refractivity contribution in [2.45, 2.75) is 26.1 Å². The van der Waals surface area contributed by atoms with Crippen molar-refractivity contribution in [3.8, 4) is 5.75 Å². The zero-order chi connectivity index (χ0) is 20.9. The normalized spacial score (nSPS) is 15.9. The Bertz CT molecular complexity index is 777. The van der Waals surface area contributed by atoms with E-state index in [2.05, 4.69) is 4.84 Å². The van der Waals surface area contributed by atoms with Gasteiger partial charge in [-0.25, -0.2) is 4.79 Å². The average Bonchev–Trinajstić information content (AvgIpc) is 2.58. The minimum absolute atomic E-state index is 0.0681. The molecular formula is C17H18F3NO7. The molecule has 0 saturated carbocycles. The Hall–Kier alpha value is -2.82. The van der Waals surface area contributed by atoms with Crippen LogP contribution in [0.4, 0.5) is 13.2 Å². The first-order valence-corrected chi connectivity index (χ1v) is 8.18. The Balaban J connectivity index is 2.04. The molecule has 1 heterocycles. The van der Waals surface area contributed by atoms with E-state index < -0.39 is 28.9 Å². The lowest BCUT2D eigenvalue weighted by molar-refractivity contribution is -0.758. The molecule has 0 N–H and O–H groups in total. The monoisotopic (exact) mass is 405 g/mol. The van der Waals surface area contributed by atoms with Crippen molar-refractivity contribution >= 4 is 12.0 Å². The first-order chi connectivity index (χ1) is 13.1. The van der Waals surface area contributed by atoms with Gasteiger partial charge in [0.05, 0.1) is 18.8 Å². The average molecular weight is 405 g/mol. The number of hydrogen-bond donors (Lipinski definition) is 0. The van der Waals surface area contributed by atoms with E-state index in [-0.39, 0.29) is 32.2 Å². The fourth-order valence-electron chi connectivity index (χ4n) is 2.64. The summed E-state index contributed by atoms with van der Waals surface area (Å²) in [7, 11) is 0. The van der Waals surface area contributed by atoms with E-state index in [1.807, 2.05) is 0 Å². The maximum absolute atomic E-state index is 13.4. The van der Waals surface area contributed by atoms with Crippen molar-refractivity contribution in [1.82, 2.24) is 0 Å². The molecule has 1 aromatic rings. The van der Waals surface area contributed by atoms with E-state index in [9.17, 15) is 28.1 Å². The summed E-state index contributed by atoms with van der Waals surface area (Å²) in [6, 6.07) is 3.30. The summed E-state index contributed by atoms with van der Waals surface area (Å²) in [5, 5.41) is 8.95. The number of aryl methyl sites for hydroxylation is 2. The number of alkyl halides is 3. The molecule has 0 saturated heterocycles. The lowest BCUT2D eigenvalue weighted by Crippen LogP contribution is -2.41. The van der Waals surface area contributed by atoms with E-state index >= 15 is 0 Å². The van der Waals surface area contributed by atoms with Crippen molar-refractivity contribution in [1.29, 1.82) is 0 Å². The summed E-state index contributed by atoms with van der Waals surface area (Å²) < 4.78 is 55.0. The largest absolute Gasteiger partial charge is 0.475 e. The highest BCUT2D eigenvalue weighted by Crippen LogP contribution is 2.39. The fourth-order valence-corrected chi connectivity index (χ4v) is 2.64. The standard InChI is InChI=1S/C17H18F3NO7/c1-10-7-11(2)14-12(8-10)9-13(15(28-14)17(18,19)20)16(22)26-5-3-25-4-6-27-21(23)24/h7-9,15H,3-6H2,1-2H3. The van der Waals surface area contributed by atoms with Crippen molar-refractivity contribution in [3.63, 3.8) is 0 Å². The molecular weight excluding hydrogens is 387 g/mol. The Labute approximate surface area is 157 Å². The molecule has 0 bridgehead atoms. The third kappa shape index (κ3) is 5.59. The van der Waals surface area contributed by atoms with Crippen LogP contribution in [0, 0.1) is 24.0 Å². The summed E-state index contributed by atoms with van der Waals surface area (Å²) >= 11 is 0. The molecule has 0 fully saturated rings. The number of hydrogen-bond acceptors (Lipinski definition) is 7. The highest BCUT2D eigenvalue weighted by Gasteiger charge is 2.49. The van der Waals surface area contributed by atoms with Gasteiger partial charge in [0.1, 0.15) is 19.0 Å². The number of rotatable bonds is 8. The summed E-state index contributed by atoms with van der Waals surface area (Å²) in [5.41, 5.74) is 1.03. The maximum atomic E-state index is 13.4. The van der Waals surface area contributed by atoms with Gasteiger partial charge >= 0.3 is 12.1 Å². The van der Waals surface area contributed by atoms with Crippen LogP contribution in [0.3, 0.4) is 0 Å². The smallest absolute Gasteiger partial charge is 0.430 e. The number of ether oxygens (including phenoxy) is 3. The summed E-state index contributed by atoms with van der Waals surface area (Å²) in [6.45, 7) is 2.45. The van der Waals surface area contributed by atoms with Crippen LogP contribution < -0.4 is 4.74 Å². The molecule has 11 heteroatoms. The molecule has 1 aliphatic heterocycles. The minimum Gasteiger partial charge on any atom is -0.475 e. The molecule has 1 aromatic carbocycles. The van der Waals surface area contributed by atoms with E-state index in [0.29, 0.717) is 11.1 Å². The highest BCUT2D eigenvalue weighted by atomic mass is 19.4. The SMILES string of the molecule is Cc1cc(C)c2c(c1)C=C(C(=O)OCCOCCO[N+](=O)[O-])C(C(F)(F)F)O2. The summed E-state index contributed by atoms with van der Waals surface area (Å²) in [6.07, 6.45) is -6.13. The van der Waals surface area contributed by atoms with E-state index in [1.54, 1.807) is 26.0 Å². The van der Waals surface area contributed by atoms with Gasteiger partial charge in [-0.15, -0.1) is 10.1 Å². The van der Waals surface area contributed by atoms with Gasteiger partial charge < -0.3 is 19.0 Å². The number of nitrogens with zero attached hydrogens (tertiary/aromatic N) is 1. The van der Waals surface area contributed by atoms with Gasteiger partial charge in [-0.2, -0.15) is 13.2 Å². The number of benzene rings is 1. The van der Waals surface area contributed by atoms with Crippen LogP contribution in [-0.2, 0) is 19.1 Å². The lowest BCUT2D eigenvalue weighted by atomic mass is 9.97. The van der Waals surface area contributed by atoms with E-state index in [0.717, 1.165) is 11.6 Å². The van der Waals surface area contributed by atoms with Gasteiger partial charge in [0.15, 0.2) is 0 Å². The molecule has 1 unspecified atom stereocenters. The van der Waals surface area contributed by atoms with Crippen molar-refractivity contribution in [2.75, 3.05) is 26.4 Å². The van der Waals surface area contributed by atoms with E-state index in [4.69, 9.17) is 14.2 Å². The van der Waals surface area contributed by atoms with Gasteiger partial charge in [-0.3, -0.25) is 0 Å². The van der Waals surface area contributed by atoms with Crippen LogP contribution in [0.15, 0.2) is 17.7 Å². The molecule has 28 heavy (non-hydrogen) atoms. The second-order valence-electron chi connectivity index (χ2n) is 5.94. The zero-order valence-electron chi connectivity index (χ0n) is 15.1. The summed E-state index contributed by atoms with van der Waals surface area (Å²) in [4.78, 5) is 26.1. The fraction of sp³-hybridized carbons (Fsp3) is 0.471. The first kappa shape index (κ1) is 21.5. The molecule has 0 radical (unpaired) electrons. The number of carbonyl (C=O) groups excluding carboxylic acids is 1. The van der Waals surface area contributed by atoms with Crippen LogP contribution >= 0.6 is 0 Å². The van der Waals surface area contributed by atoms with Gasteiger partial charge in [-0.1, -0.05) is 11.6 Å². The van der Waals surface area contributed by atoms with Crippen LogP contribution in [0.1, 0.15) is 16.7 Å². The molecule has 1 aliphatic rings. The van der Waals surface area contributed by atoms with Crippen LogP contribution in [0.2, 0.25) is 0 Å². The van der Waals surface area contributed by atoms with Gasteiger partial charge in [0.2, 0.25) is 6.10 Å². The maximum Gasteiger partial charge on any atom is 0.430 e. The van der Waals surface area contributed by atoms with Gasteiger partial charge in [0.25, 0.3) is 5.09 Å². The minimum atomic E-state index is -4.81. The molecule has 1 atom stereocenters. The predicted molar refractivity (Wildman–Crippen MR) is 89.1 cm³/mol. The third-order valence-corrected chi connectivity index (χ3v) is 3.70. The second-order valence-corrected chi connectivity index (χ2v) is 5.94. The number of esters is 1. The van der Waals surface area contributed by atoms with Crippen molar-refractivity contribution < 1.29 is 42.1 Å². The molecule has 8 nitrogen and oxygen atoms in total. The predicted octanol–water partition coefficient (Wildman–Crippen LogP) is 2.78. The Morgan fingerprint density at radius 2 is 1.89 bits per heavy atom. The topological polar surface area (TPSA) is 97.1 Å². The van der Waals surface area contributed by atoms with E-state index in [1.165, 1.54) is 0 Å². The number of carbonyl (C=O) groups is 1. The Morgan fingerprint density at radius 1 is 1.21 bits per heavy atom. The van der Waals surface area contributed by atoms with Crippen LogP contribution in [0.25, 0.3) is 6.08 Å². The number of fused-ring (bicyclic) bond motifs is 1. The van der Waals surface area contributed by atoms with Crippen molar-refractivity contribution in [3.05, 3.63) is 44.5 Å². The molecule has 0 aliphatic carbocycles. The first-order valence-electron chi connectivity index (χ1n) is 8.18. The molecule has 154 valence electrons. The third-order valence-electron chi connectivity index (χ3n) is 3.70. The lowest BCUT2D eigenvalue weighted by Gasteiger charge is -2.29. The molecule has 2 rings (SSSR count). The summed E-state index contributed by atoms with van der Waals surface area (Å²) in [5.74, 6) is -1.11. The van der Waals surface area contributed by atoms with Crippen LogP contribution in [-0.4, -0.2) is 49.8 Å². The second kappa shape index (κ2) is 8.91. The zero-order valence-corrected chi connectivity index (χ0v) is 15.1. The highest BCUT2D eigenvalue weighted by molar-refractivity contribution is 5.96.